The zero-order valence-electron chi connectivity index (χ0n) is 11.1. The number of aryl methyl sites for hydroxylation is 1. The summed E-state index contributed by atoms with van der Waals surface area (Å²) in [4.78, 5) is 14.5. The first kappa shape index (κ1) is 12.2. The van der Waals surface area contributed by atoms with Crippen LogP contribution in [0, 0.1) is 6.92 Å². The van der Waals surface area contributed by atoms with E-state index in [1.807, 2.05) is 35.6 Å². The molecule has 0 spiro atoms. The van der Waals surface area contributed by atoms with Gasteiger partial charge in [-0.05, 0) is 32.9 Å². The number of nitrogens with zero attached hydrogens (tertiary/aromatic N) is 2. The van der Waals surface area contributed by atoms with E-state index in [0.29, 0.717) is 0 Å². The predicted octanol–water partition coefficient (Wildman–Crippen LogP) is 1.16. The standard InChI is InChI=1S/C13H21N3O/c1-10-5-6-11(15(10)4)12(17)16-8-7-14-9-13(16,2)3/h5-6,14H,7-9H2,1-4H3. The highest BCUT2D eigenvalue weighted by atomic mass is 16.2. The second-order valence-electron chi connectivity index (χ2n) is 5.36. The Balaban J connectivity index is 2.28. The van der Waals surface area contributed by atoms with E-state index in [-0.39, 0.29) is 11.4 Å². The van der Waals surface area contributed by atoms with Crippen LogP contribution in [-0.2, 0) is 7.05 Å². The molecular weight excluding hydrogens is 214 g/mol. The number of hydrogen-bond acceptors (Lipinski definition) is 2. The maximum absolute atomic E-state index is 12.5. The van der Waals surface area contributed by atoms with E-state index in [1.165, 1.54) is 0 Å². The maximum Gasteiger partial charge on any atom is 0.271 e. The Bertz CT molecular complexity index is 434. The molecule has 4 heteroatoms. The van der Waals surface area contributed by atoms with Gasteiger partial charge in [-0.1, -0.05) is 0 Å². The number of piperazine rings is 1. The molecule has 0 aromatic carbocycles. The monoisotopic (exact) mass is 235 g/mol. The van der Waals surface area contributed by atoms with Gasteiger partial charge in [-0.25, -0.2) is 0 Å². The van der Waals surface area contributed by atoms with E-state index < -0.39 is 0 Å². The van der Waals surface area contributed by atoms with Crippen LogP contribution in [-0.4, -0.2) is 40.5 Å². The minimum absolute atomic E-state index is 0.118. The van der Waals surface area contributed by atoms with Gasteiger partial charge in [0.2, 0.25) is 0 Å². The Morgan fingerprint density at radius 3 is 2.65 bits per heavy atom. The summed E-state index contributed by atoms with van der Waals surface area (Å²) in [6, 6.07) is 3.90. The second-order valence-corrected chi connectivity index (χ2v) is 5.36. The van der Waals surface area contributed by atoms with Gasteiger partial charge in [0.25, 0.3) is 5.91 Å². The van der Waals surface area contributed by atoms with Crippen molar-refractivity contribution < 1.29 is 4.79 Å². The fraction of sp³-hybridized carbons (Fsp3) is 0.615. The molecule has 2 heterocycles. The molecule has 1 aliphatic heterocycles. The lowest BCUT2D eigenvalue weighted by Crippen LogP contribution is -2.60. The zero-order chi connectivity index (χ0) is 12.6. The fourth-order valence-electron chi connectivity index (χ4n) is 2.33. The molecule has 1 N–H and O–H groups in total. The molecule has 0 bridgehead atoms. The third kappa shape index (κ3) is 2.09. The summed E-state index contributed by atoms with van der Waals surface area (Å²) in [5.74, 6) is 0.132. The van der Waals surface area contributed by atoms with Gasteiger partial charge in [0.05, 0.1) is 5.54 Å². The van der Waals surface area contributed by atoms with Crippen molar-refractivity contribution >= 4 is 5.91 Å². The third-order valence-electron chi connectivity index (χ3n) is 3.64. The van der Waals surface area contributed by atoms with Crippen molar-refractivity contribution in [2.24, 2.45) is 7.05 Å². The highest BCUT2D eigenvalue weighted by Gasteiger charge is 2.34. The van der Waals surface area contributed by atoms with Crippen LogP contribution in [0.4, 0.5) is 0 Å². The molecule has 1 fully saturated rings. The third-order valence-corrected chi connectivity index (χ3v) is 3.64. The van der Waals surface area contributed by atoms with Gasteiger partial charge in [0.15, 0.2) is 0 Å². The number of carbonyl (C=O) groups excluding carboxylic acids is 1. The van der Waals surface area contributed by atoms with Crippen molar-refractivity contribution in [1.29, 1.82) is 0 Å². The number of hydrogen-bond donors (Lipinski definition) is 1. The highest BCUT2D eigenvalue weighted by Crippen LogP contribution is 2.20. The van der Waals surface area contributed by atoms with Crippen molar-refractivity contribution in [2.75, 3.05) is 19.6 Å². The summed E-state index contributed by atoms with van der Waals surface area (Å²) in [5.41, 5.74) is 1.77. The van der Waals surface area contributed by atoms with E-state index >= 15 is 0 Å². The van der Waals surface area contributed by atoms with E-state index in [9.17, 15) is 4.79 Å². The molecule has 0 aliphatic carbocycles. The van der Waals surface area contributed by atoms with Gasteiger partial charge in [-0.3, -0.25) is 4.79 Å². The Labute approximate surface area is 103 Å². The summed E-state index contributed by atoms with van der Waals surface area (Å²) in [5, 5.41) is 3.33. The van der Waals surface area contributed by atoms with Crippen molar-refractivity contribution in [1.82, 2.24) is 14.8 Å². The number of nitrogens with one attached hydrogen (secondary N) is 1. The summed E-state index contributed by atoms with van der Waals surface area (Å²) in [6.45, 7) is 8.72. The second kappa shape index (κ2) is 4.18. The smallest absolute Gasteiger partial charge is 0.271 e. The summed E-state index contributed by atoms with van der Waals surface area (Å²) in [7, 11) is 1.94. The SMILES string of the molecule is Cc1ccc(C(=O)N2CCNCC2(C)C)n1C. The normalized spacial score (nSPS) is 19.4. The lowest BCUT2D eigenvalue weighted by atomic mass is 9.99. The van der Waals surface area contributed by atoms with Crippen molar-refractivity contribution in [2.45, 2.75) is 26.3 Å². The minimum atomic E-state index is -0.118. The van der Waals surface area contributed by atoms with Crippen LogP contribution in [0.5, 0.6) is 0 Å². The first-order valence-corrected chi connectivity index (χ1v) is 6.08. The highest BCUT2D eigenvalue weighted by molar-refractivity contribution is 5.93. The van der Waals surface area contributed by atoms with Crippen molar-refractivity contribution in [3.05, 3.63) is 23.5 Å². The van der Waals surface area contributed by atoms with Crippen LogP contribution in [0.1, 0.15) is 30.0 Å². The first-order chi connectivity index (χ1) is 7.93. The number of amides is 1. The Morgan fingerprint density at radius 2 is 2.12 bits per heavy atom. The topological polar surface area (TPSA) is 37.3 Å². The van der Waals surface area contributed by atoms with Crippen molar-refractivity contribution in [3.8, 4) is 0 Å². The molecule has 1 amide bonds. The molecule has 4 nitrogen and oxygen atoms in total. The quantitative estimate of drug-likeness (QED) is 0.793. The van der Waals surface area contributed by atoms with Gasteiger partial charge >= 0.3 is 0 Å². The lowest BCUT2D eigenvalue weighted by molar-refractivity contribution is 0.0467. The number of aromatic nitrogens is 1. The Morgan fingerprint density at radius 1 is 1.41 bits per heavy atom. The van der Waals surface area contributed by atoms with Gasteiger partial charge in [0, 0.05) is 32.4 Å². The molecule has 0 unspecified atom stereocenters. The maximum atomic E-state index is 12.5. The van der Waals surface area contributed by atoms with Crippen LogP contribution >= 0.6 is 0 Å². The first-order valence-electron chi connectivity index (χ1n) is 6.08. The molecule has 2 rings (SSSR count). The van der Waals surface area contributed by atoms with Gasteiger partial charge in [-0.2, -0.15) is 0 Å². The summed E-state index contributed by atoms with van der Waals surface area (Å²) < 4.78 is 1.96. The largest absolute Gasteiger partial charge is 0.344 e. The van der Waals surface area contributed by atoms with Crippen molar-refractivity contribution in [3.63, 3.8) is 0 Å². The number of rotatable bonds is 1. The van der Waals surface area contributed by atoms with Gasteiger partial charge < -0.3 is 14.8 Å². The number of carbonyl (C=O) groups is 1. The predicted molar refractivity (Wildman–Crippen MR) is 68.1 cm³/mol. The molecular formula is C13H21N3O. The van der Waals surface area contributed by atoms with E-state index in [0.717, 1.165) is 31.0 Å². The summed E-state index contributed by atoms with van der Waals surface area (Å²) >= 11 is 0. The van der Waals surface area contributed by atoms with Crippen LogP contribution in [0.15, 0.2) is 12.1 Å². The van der Waals surface area contributed by atoms with E-state index in [2.05, 4.69) is 19.2 Å². The van der Waals surface area contributed by atoms with Gasteiger partial charge in [0.1, 0.15) is 5.69 Å². The molecule has 0 saturated carbocycles. The van der Waals surface area contributed by atoms with E-state index in [1.54, 1.807) is 0 Å². The van der Waals surface area contributed by atoms with Crippen LogP contribution in [0.3, 0.4) is 0 Å². The average Bonchev–Trinajstić information content (AvgIpc) is 2.58. The average molecular weight is 235 g/mol. The van der Waals surface area contributed by atoms with Crippen LogP contribution in [0.2, 0.25) is 0 Å². The molecule has 17 heavy (non-hydrogen) atoms. The molecule has 94 valence electrons. The molecule has 1 aliphatic rings. The molecule has 0 atom stereocenters. The van der Waals surface area contributed by atoms with Crippen LogP contribution in [0.25, 0.3) is 0 Å². The molecule has 1 aromatic heterocycles. The summed E-state index contributed by atoms with van der Waals surface area (Å²) in [6.07, 6.45) is 0. The molecule has 1 aromatic rings. The minimum Gasteiger partial charge on any atom is -0.344 e. The Hall–Kier alpha value is -1.29. The van der Waals surface area contributed by atoms with Gasteiger partial charge in [-0.15, -0.1) is 0 Å². The van der Waals surface area contributed by atoms with Crippen LogP contribution < -0.4 is 5.32 Å². The Kier molecular flexibility index (Phi) is 3.00. The fourth-order valence-corrected chi connectivity index (χ4v) is 2.33. The molecule has 0 radical (unpaired) electrons. The zero-order valence-corrected chi connectivity index (χ0v) is 11.1. The van der Waals surface area contributed by atoms with E-state index in [4.69, 9.17) is 0 Å². The lowest BCUT2D eigenvalue weighted by Gasteiger charge is -2.42. The molecule has 1 saturated heterocycles.